The first-order valence-corrected chi connectivity index (χ1v) is 10.3. The lowest BCUT2D eigenvalue weighted by molar-refractivity contribution is -0.598. The Morgan fingerprint density at radius 3 is 2.00 bits per heavy atom. The van der Waals surface area contributed by atoms with Crippen molar-refractivity contribution in [2.45, 2.75) is 25.7 Å². The molecule has 3 aromatic heterocycles. The molecule has 3 heterocycles. The van der Waals surface area contributed by atoms with E-state index in [1.54, 1.807) is 0 Å². The first kappa shape index (κ1) is 18.8. The molecule has 28 heavy (non-hydrogen) atoms. The summed E-state index contributed by atoms with van der Waals surface area (Å²) in [5.74, 6) is 0. The second-order valence-electron chi connectivity index (χ2n) is 6.80. The van der Waals surface area contributed by atoms with Gasteiger partial charge in [0.25, 0.3) is 0 Å². The quantitative estimate of drug-likeness (QED) is 0.488. The van der Waals surface area contributed by atoms with Crippen molar-refractivity contribution >= 4 is 11.3 Å². The topological polar surface area (TPSA) is 29.7 Å². The molecule has 0 aliphatic heterocycles. The van der Waals surface area contributed by atoms with Gasteiger partial charge in [-0.3, -0.25) is 9.97 Å². The lowest BCUT2D eigenvalue weighted by Crippen LogP contribution is -3.00. The molecule has 0 radical (unpaired) electrons. The Balaban J connectivity index is 0.00000192. The van der Waals surface area contributed by atoms with Crippen molar-refractivity contribution in [3.8, 4) is 28.2 Å². The predicted molar refractivity (Wildman–Crippen MR) is 109 cm³/mol. The van der Waals surface area contributed by atoms with E-state index in [4.69, 9.17) is 0 Å². The van der Waals surface area contributed by atoms with Crippen LogP contribution in [-0.2, 0) is 12.8 Å². The molecule has 0 unspecified atom stereocenters. The van der Waals surface area contributed by atoms with Crippen LogP contribution in [0.4, 0.5) is 0 Å². The molecule has 1 aromatic carbocycles. The van der Waals surface area contributed by atoms with E-state index in [0.29, 0.717) is 0 Å². The SMILES string of the molecule is [Cl-].c1ccc(-c2cccc(-c3ccccn3)c2-[n+]2csc3c2CCCC3)nc1. The fourth-order valence-electron chi connectivity index (χ4n) is 3.87. The Morgan fingerprint density at radius 1 is 0.750 bits per heavy atom. The number of hydrogen-bond donors (Lipinski definition) is 0. The zero-order valence-corrected chi connectivity index (χ0v) is 17.0. The number of fused-ring (bicyclic) bond motifs is 1. The van der Waals surface area contributed by atoms with Gasteiger partial charge in [0.05, 0.1) is 27.4 Å². The molecule has 0 bridgehead atoms. The zero-order valence-electron chi connectivity index (χ0n) is 15.4. The smallest absolute Gasteiger partial charge is 0.231 e. The van der Waals surface area contributed by atoms with E-state index in [1.807, 2.05) is 48.0 Å². The predicted octanol–water partition coefficient (Wildman–Crippen LogP) is 2.03. The second-order valence-corrected chi connectivity index (χ2v) is 7.74. The van der Waals surface area contributed by atoms with Gasteiger partial charge in [-0.05, 0) is 55.7 Å². The van der Waals surface area contributed by atoms with Crippen LogP contribution >= 0.6 is 11.3 Å². The Morgan fingerprint density at radius 2 is 1.39 bits per heavy atom. The van der Waals surface area contributed by atoms with Gasteiger partial charge in [0.2, 0.25) is 16.9 Å². The number of thiazole rings is 1. The van der Waals surface area contributed by atoms with Crippen LogP contribution in [0.2, 0.25) is 0 Å². The summed E-state index contributed by atoms with van der Waals surface area (Å²) in [7, 11) is 0. The molecule has 0 atom stereocenters. The summed E-state index contributed by atoms with van der Waals surface area (Å²) in [5.41, 5.74) is 9.19. The highest BCUT2D eigenvalue weighted by atomic mass is 35.5. The first-order valence-electron chi connectivity index (χ1n) is 9.39. The molecule has 1 aliphatic carbocycles. The van der Waals surface area contributed by atoms with E-state index < -0.39 is 0 Å². The highest BCUT2D eigenvalue weighted by molar-refractivity contribution is 7.09. The highest BCUT2D eigenvalue weighted by Crippen LogP contribution is 2.33. The van der Waals surface area contributed by atoms with Crippen LogP contribution < -0.4 is 17.0 Å². The Bertz CT molecular complexity index is 1020. The molecule has 0 fully saturated rings. The Kier molecular flexibility index (Phi) is 5.51. The molecule has 0 saturated heterocycles. The average Bonchev–Trinajstić information content (AvgIpc) is 3.18. The van der Waals surface area contributed by atoms with Crippen molar-refractivity contribution in [1.82, 2.24) is 9.97 Å². The molecule has 1 aliphatic rings. The summed E-state index contributed by atoms with van der Waals surface area (Å²) in [6.45, 7) is 0. The summed E-state index contributed by atoms with van der Waals surface area (Å²) >= 11 is 1.88. The minimum absolute atomic E-state index is 0. The lowest BCUT2D eigenvalue weighted by atomic mass is 9.98. The minimum Gasteiger partial charge on any atom is -1.00 e. The molecule has 5 rings (SSSR count). The van der Waals surface area contributed by atoms with E-state index in [-0.39, 0.29) is 12.4 Å². The molecule has 5 heteroatoms. The van der Waals surface area contributed by atoms with Gasteiger partial charge in [-0.15, -0.1) is 0 Å². The molecule has 0 N–H and O–H groups in total. The fourth-order valence-corrected chi connectivity index (χ4v) is 4.94. The molecule has 0 saturated carbocycles. The number of nitrogens with zero attached hydrogens (tertiary/aromatic N) is 3. The number of benzene rings is 1. The molecular weight excluding hydrogens is 386 g/mol. The number of aryl methyl sites for hydroxylation is 1. The Labute approximate surface area is 175 Å². The van der Waals surface area contributed by atoms with E-state index in [9.17, 15) is 0 Å². The van der Waals surface area contributed by atoms with Crippen LogP contribution in [0.1, 0.15) is 23.4 Å². The minimum atomic E-state index is 0. The van der Waals surface area contributed by atoms with Crippen LogP contribution in [0.3, 0.4) is 0 Å². The summed E-state index contributed by atoms with van der Waals surface area (Å²) < 4.78 is 2.40. The monoisotopic (exact) mass is 405 g/mol. The van der Waals surface area contributed by atoms with Crippen molar-refractivity contribution in [2.75, 3.05) is 0 Å². The number of rotatable bonds is 3. The summed E-state index contributed by atoms with van der Waals surface area (Å²) in [6.07, 6.45) is 8.60. The standard InChI is InChI=1S/C23H20N3S.ClH/c1-2-13-22-21(12-1)26(16-27-22)23-17(19-10-3-5-14-24-19)8-7-9-18(23)20-11-4-6-15-25-20;/h3-11,14-16H,1-2,12-13H2;1H/q+1;/p-1. The second kappa shape index (κ2) is 8.21. The number of hydrogen-bond acceptors (Lipinski definition) is 3. The third-order valence-corrected chi connectivity index (χ3v) is 6.18. The van der Waals surface area contributed by atoms with Crippen LogP contribution in [0.5, 0.6) is 0 Å². The maximum Gasteiger partial charge on any atom is 0.231 e. The maximum atomic E-state index is 4.64. The maximum absolute atomic E-state index is 4.64. The van der Waals surface area contributed by atoms with Crippen molar-refractivity contribution in [1.29, 1.82) is 0 Å². The first-order chi connectivity index (χ1) is 13.4. The Hall–Kier alpha value is -2.56. The van der Waals surface area contributed by atoms with Gasteiger partial charge in [0.1, 0.15) is 0 Å². The van der Waals surface area contributed by atoms with Gasteiger partial charge in [0, 0.05) is 18.8 Å². The van der Waals surface area contributed by atoms with Gasteiger partial charge in [-0.2, -0.15) is 4.57 Å². The largest absolute Gasteiger partial charge is 1.00 e. The number of para-hydroxylation sites is 1. The molecule has 4 aromatic rings. The van der Waals surface area contributed by atoms with Crippen LogP contribution in [0.15, 0.2) is 72.5 Å². The lowest BCUT2D eigenvalue weighted by Gasteiger charge is -2.12. The molecule has 3 nitrogen and oxygen atoms in total. The van der Waals surface area contributed by atoms with Crippen molar-refractivity contribution in [3.05, 3.63) is 83.1 Å². The molecule has 0 amide bonds. The van der Waals surface area contributed by atoms with Gasteiger partial charge < -0.3 is 12.4 Å². The summed E-state index contributed by atoms with van der Waals surface area (Å²) in [6, 6.07) is 18.6. The third-order valence-electron chi connectivity index (χ3n) is 5.14. The van der Waals surface area contributed by atoms with Gasteiger partial charge in [-0.25, -0.2) is 0 Å². The van der Waals surface area contributed by atoms with E-state index in [0.717, 1.165) is 28.9 Å². The van der Waals surface area contributed by atoms with Crippen LogP contribution in [0.25, 0.3) is 28.2 Å². The highest BCUT2D eigenvalue weighted by Gasteiger charge is 2.29. The van der Waals surface area contributed by atoms with Crippen LogP contribution in [-0.4, -0.2) is 9.97 Å². The summed E-state index contributed by atoms with van der Waals surface area (Å²) in [5, 5.41) is 0. The molecule has 140 valence electrons. The van der Waals surface area contributed by atoms with E-state index >= 15 is 0 Å². The van der Waals surface area contributed by atoms with Crippen molar-refractivity contribution in [2.24, 2.45) is 0 Å². The number of aromatic nitrogens is 3. The molecule has 0 spiro atoms. The van der Waals surface area contributed by atoms with E-state index in [2.05, 4.69) is 50.4 Å². The third kappa shape index (κ3) is 3.34. The van der Waals surface area contributed by atoms with E-state index in [1.165, 1.54) is 35.5 Å². The molecular formula is C23H20ClN3S. The van der Waals surface area contributed by atoms with Crippen molar-refractivity contribution in [3.63, 3.8) is 0 Å². The zero-order chi connectivity index (χ0) is 18.1. The number of pyridine rings is 2. The fraction of sp³-hybridized carbons (Fsp3) is 0.174. The summed E-state index contributed by atoms with van der Waals surface area (Å²) in [4.78, 5) is 10.8. The van der Waals surface area contributed by atoms with Crippen LogP contribution in [0, 0.1) is 0 Å². The van der Waals surface area contributed by atoms with Gasteiger partial charge >= 0.3 is 0 Å². The van der Waals surface area contributed by atoms with Gasteiger partial charge in [0.15, 0.2) is 0 Å². The number of halogens is 1. The van der Waals surface area contributed by atoms with Crippen molar-refractivity contribution < 1.29 is 17.0 Å². The van der Waals surface area contributed by atoms with Gasteiger partial charge in [-0.1, -0.05) is 29.5 Å². The average molecular weight is 406 g/mol. The normalized spacial score (nSPS) is 12.9.